The average molecular weight is 409 g/mol. The summed E-state index contributed by atoms with van der Waals surface area (Å²) in [5.74, 6) is 0.599. The number of nitrogens with zero attached hydrogens (tertiary/aromatic N) is 3. The number of carbonyl (C=O) groups excluding carboxylic acids is 1. The lowest BCUT2D eigenvalue weighted by atomic mass is 10.1. The predicted molar refractivity (Wildman–Crippen MR) is 115 cm³/mol. The Kier molecular flexibility index (Phi) is 5.87. The van der Waals surface area contributed by atoms with Crippen LogP contribution in [0.4, 0.5) is 11.6 Å². The summed E-state index contributed by atoms with van der Waals surface area (Å²) in [7, 11) is 0. The number of aliphatic hydroxyl groups is 1. The lowest BCUT2D eigenvalue weighted by Gasteiger charge is -2.26. The minimum Gasteiger partial charge on any atom is -0.389 e. The maximum Gasteiger partial charge on any atom is 0.254 e. The van der Waals surface area contributed by atoms with Gasteiger partial charge in [-0.15, -0.1) is 11.3 Å². The number of aliphatic hydroxyl groups excluding tert-OH is 1. The highest BCUT2D eigenvalue weighted by molar-refractivity contribution is 7.13. The van der Waals surface area contributed by atoms with E-state index in [9.17, 15) is 9.90 Å². The zero-order valence-corrected chi connectivity index (χ0v) is 17.2. The third-order valence-corrected chi connectivity index (χ3v) is 6.00. The Morgan fingerprint density at radius 3 is 2.66 bits per heavy atom. The summed E-state index contributed by atoms with van der Waals surface area (Å²) in [4.78, 5) is 24.5. The molecular formula is C22H24N4O2S. The van der Waals surface area contributed by atoms with Gasteiger partial charge in [-0.2, -0.15) is 0 Å². The Bertz CT molecular complexity index is 978. The monoisotopic (exact) mass is 408 g/mol. The fraction of sp³-hybridized carbons (Fsp3) is 0.318. The molecule has 29 heavy (non-hydrogen) atoms. The fourth-order valence-electron chi connectivity index (χ4n) is 3.39. The van der Waals surface area contributed by atoms with Crippen molar-refractivity contribution in [3.63, 3.8) is 0 Å². The standard InChI is InChI=1S/C22H24N4O2S/c1-15(27)16-5-7-18(8-6-16)24-22-23-10-9-19(25-22)20-13-17(14-29-20)21(28)26-11-3-2-4-12-26/h5-10,13-15,27H,2-4,11-12H2,1H3,(H,23,24,25). The molecule has 1 aromatic carbocycles. The summed E-state index contributed by atoms with van der Waals surface area (Å²) >= 11 is 1.52. The maximum absolute atomic E-state index is 12.7. The highest BCUT2D eigenvalue weighted by atomic mass is 32.1. The van der Waals surface area contributed by atoms with E-state index in [1.165, 1.54) is 17.8 Å². The SMILES string of the molecule is CC(O)c1ccc(Nc2nccc(-c3cc(C(=O)N4CCCCC4)cs3)n2)cc1. The molecule has 2 aromatic heterocycles. The summed E-state index contributed by atoms with van der Waals surface area (Å²) in [5, 5.41) is 14.7. The van der Waals surface area contributed by atoms with Gasteiger partial charge in [0, 0.05) is 30.4 Å². The van der Waals surface area contributed by atoms with Crippen molar-refractivity contribution in [3.8, 4) is 10.6 Å². The van der Waals surface area contributed by atoms with Crippen molar-refractivity contribution in [1.29, 1.82) is 0 Å². The van der Waals surface area contributed by atoms with Crippen LogP contribution in [0.1, 0.15) is 48.2 Å². The van der Waals surface area contributed by atoms with Crippen LogP contribution in [0.3, 0.4) is 0 Å². The first kappa shape index (κ1) is 19.5. The molecule has 1 aliphatic heterocycles. The van der Waals surface area contributed by atoms with Gasteiger partial charge in [0.15, 0.2) is 0 Å². The summed E-state index contributed by atoms with van der Waals surface area (Å²) < 4.78 is 0. The molecule has 1 atom stereocenters. The zero-order valence-electron chi connectivity index (χ0n) is 16.3. The lowest BCUT2D eigenvalue weighted by Crippen LogP contribution is -2.35. The first-order valence-electron chi connectivity index (χ1n) is 9.86. The van der Waals surface area contributed by atoms with Crippen LogP contribution in [0.15, 0.2) is 48.0 Å². The molecule has 4 rings (SSSR count). The molecule has 1 aliphatic rings. The number of rotatable bonds is 5. The van der Waals surface area contributed by atoms with E-state index < -0.39 is 6.10 Å². The summed E-state index contributed by atoms with van der Waals surface area (Å²) in [5.41, 5.74) is 3.22. The third kappa shape index (κ3) is 4.63. The number of amides is 1. The molecule has 7 heteroatoms. The van der Waals surface area contributed by atoms with Crippen LogP contribution >= 0.6 is 11.3 Å². The highest BCUT2D eigenvalue weighted by Crippen LogP contribution is 2.28. The van der Waals surface area contributed by atoms with E-state index in [1.54, 1.807) is 13.1 Å². The van der Waals surface area contributed by atoms with Crippen molar-refractivity contribution >= 4 is 28.9 Å². The van der Waals surface area contributed by atoms with Crippen LogP contribution in [0.25, 0.3) is 10.6 Å². The van der Waals surface area contributed by atoms with Gasteiger partial charge in [0.05, 0.1) is 22.2 Å². The lowest BCUT2D eigenvalue weighted by molar-refractivity contribution is 0.0725. The van der Waals surface area contributed by atoms with Crippen molar-refractivity contribution in [2.45, 2.75) is 32.3 Å². The van der Waals surface area contributed by atoms with Crippen molar-refractivity contribution in [1.82, 2.24) is 14.9 Å². The van der Waals surface area contributed by atoms with E-state index in [1.807, 2.05) is 46.7 Å². The molecule has 0 aliphatic carbocycles. The van der Waals surface area contributed by atoms with Gasteiger partial charge in [-0.3, -0.25) is 4.79 Å². The minimum atomic E-state index is -0.496. The molecule has 150 valence electrons. The van der Waals surface area contributed by atoms with Crippen LogP contribution in [-0.2, 0) is 0 Å². The quantitative estimate of drug-likeness (QED) is 0.644. The number of benzene rings is 1. The number of nitrogens with one attached hydrogen (secondary N) is 1. The fourth-order valence-corrected chi connectivity index (χ4v) is 4.24. The number of anilines is 2. The second-order valence-electron chi connectivity index (χ2n) is 7.24. The second-order valence-corrected chi connectivity index (χ2v) is 8.15. The maximum atomic E-state index is 12.7. The first-order chi connectivity index (χ1) is 14.1. The van der Waals surface area contributed by atoms with Gasteiger partial charge < -0.3 is 15.3 Å². The number of carbonyl (C=O) groups is 1. The molecule has 1 amide bonds. The number of thiophene rings is 1. The van der Waals surface area contributed by atoms with E-state index in [-0.39, 0.29) is 5.91 Å². The highest BCUT2D eigenvalue weighted by Gasteiger charge is 2.19. The average Bonchev–Trinajstić information content (AvgIpc) is 3.25. The van der Waals surface area contributed by atoms with Gasteiger partial charge in [0.2, 0.25) is 5.95 Å². The molecule has 1 fully saturated rings. The van der Waals surface area contributed by atoms with Gasteiger partial charge in [0.1, 0.15) is 0 Å². The van der Waals surface area contributed by atoms with Gasteiger partial charge in [-0.25, -0.2) is 9.97 Å². The predicted octanol–water partition coefficient (Wildman–Crippen LogP) is 4.63. The second kappa shape index (κ2) is 8.71. The van der Waals surface area contributed by atoms with E-state index in [0.717, 1.165) is 53.3 Å². The molecular weight excluding hydrogens is 384 g/mol. The van der Waals surface area contributed by atoms with Gasteiger partial charge in [-0.05, 0) is 56.0 Å². The van der Waals surface area contributed by atoms with Crippen LogP contribution in [0.2, 0.25) is 0 Å². The molecule has 0 saturated carbocycles. The number of aromatic nitrogens is 2. The molecule has 2 N–H and O–H groups in total. The Morgan fingerprint density at radius 2 is 1.93 bits per heavy atom. The molecule has 6 nitrogen and oxygen atoms in total. The van der Waals surface area contributed by atoms with Crippen LogP contribution < -0.4 is 5.32 Å². The summed E-state index contributed by atoms with van der Waals surface area (Å²) in [6.45, 7) is 3.43. The molecule has 1 saturated heterocycles. The zero-order chi connectivity index (χ0) is 20.2. The van der Waals surface area contributed by atoms with E-state index >= 15 is 0 Å². The molecule has 0 radical (unpaired) electrons. The normalized spacial score (nSPS) is 15.2. The van der Waals surface area contributed by atoms with Gasteiger partial charge in [0.25, 0.3) is 5.91 Å². The van der Waals surface area contributed by atoms with Crippen LogP contribution in [0, 0.1) is 0 Å². The summed E-state index contributed by atoms with van der Waals surface area (Å²) in [6, 6.07) is 11.3. The third-order valence-electron chi connectivity index (χ3n) is 5.05. The van der Waals surface area contributed by atoms with E-state index in [4.69, 9.17) is 0 Å². The van der Waals surface area contributed by atoms with E-state index in [2.05, 4.69) is 15.3 Å². The van der Waals surface area contributed by atoms with Crippen molar-refractivity contribution in [2.24, 2.45) is 0 Å². The molecule has 1 unspecified atom stereocenters. The smallest absolute Gasteiger partial charge is 0.254 e. The van der Waals surface area contributed by atoms with Crippen molar-refractivity contribution in [2.75, 3.05) is 18.4 Å². The number of hydrogen-bond acceptors (Lipinski definition) is 6. The number of hydrogen-bond donors (Lipinski definition) is 2. The van der Waals surface area contributed by atoms with Gasteiger partial charge >= 0.3 is 0 Å². The minimum absolute atomic E-state index is 0.109. The largest absolute Gasteiger partial charge is 0.389 e. The number of piperidine rings is 1. The Morgan fingerprint density at radius 1 is 1.17 bits per heavy atom. The topological polar surface area (TPSA) is 78.3 Å². The van der Waals surface area contributed by atoms with E-state index in [0.29, 0.717) is 5.95 Å². The first-order valence-corrected chi connectivity index (χ1v) is 10.7. The summed E-state index contributed by atoms with van der Waals surface area (Å²) in [6.07, 6.45) is 4.59. The Hall–Kier alpha value is -2.77. The Labute approximate surface area is 174 Å². The molecule has 3 heterocycles. The van der Waals surface area contributed by atoms with Crippen molar-refractivity contribution < 1.29 is 9.90 Å². The van der Waals surface area contributed by atoms with Crippen molar-refractivity contribution in [3.05, 3.63) is 59.1 Å². The molecule has 0 spiro atoms. The van der Waals surface area contributed by atoms with Crippen LogP contribution in [0.5, 0.6) is 0 Å². The molecule has 0 bridgehead atoms. The number of likely N-dealkylation sites (tertiary alicyclic amines) is 1. The van der Waals surface area contributed by atoms with Gasteiger partial charge in [-0.1, -0.05) is 12.1 Å². The molecule has 3 aromatic rings. The van der Waals surface area contributed by atoms with Crippen LogP contribution in [-0.4, -0.2) is 39.0 Å². The Balaban J connectivity index is 1.48.